The third-order valence-electron chi connectivity index (χ3n) is 23.6. The van der Waals surface area contributed by atoms with Crippen molar-refractivity contribution in [2.75, 3.05) is 78.6 Å². The number of aliphatic hydroxyl groups is 1. The van der Waals surface area contributed by atoms with Gasteiger partial charge in [0.1, 0.15) is 84.3 Å². The van der Waals surface area contributed by atoms with Gasteiger partial charge in [-0.3, -0.25) is 76.7 Å². The van der Waals surface area contributed by atoms with Gasteiger partial charge in [-0.1, -0.05) is 125 Å². The van der Waals surface area contributed by atoms with E-state index in [0.29, 0.717) is 63.5 Å². The van der Waals surface area contributed by atoms with E-state index in [0.717, 1.165) is 24.5 Å². The molecule has 0 unspecified atom stereocenters. The minimum Gasteiger partial charge on any atom is -0.508 e. The summed E-state index contributed by atoms with van der Waals surface area (Å²) in [7, 11) is 3.70. The number of unbranched alkanes of at least 4 members (excludes halogenated alkanes) is 1. The number of aromatic hydroxyl groups is 1. The maximum atomic E-state index is 15.7. The normalized spacial score (nSPS) is 24.1. The van der Waals surface area contributed by atoms with E-state index in [2.05, 4.69) is 52.8 Å². The summed E-state index contributed by atoms with van der Waals surface area (Å²) >= 11 is 0.650. The number of H-pyrrole nitrogens is 1. The van der Waals surface area contributed by atoms with Crippen LogP contribution in [0.2, 0.25) is 0 Å². The molecule has 6 aromatic rings. The van der Waals surface area contributed by atoms with Crippen molar-refractivity contribution < 1.29 is 105 Å². The number of aromatic amines is 1. The second-order valence-corrected chi connectivity index (χ2v) is 34.9. The van der Waals surface area contributed by atoms with Crippen LogP contribution in [-0.4, -0.2) is 297 Å². The lowest BCUT2D eigenvalue weighted by atomic mass is 9.98. The average Bonchev–Trinajstić information content (AvgIpc) is 1.65. The molecule has 4 heterocycles. The van der Waals surface area contributed by atoms with E-state index >= 15 is 51.9 Å². The second-order valence-electron chi connectivity index (χ2n) is 33.9. The van der Waals surface area contributed by atoms with Gasteiger partial charge >= 0.3 is 0 Å². The SMILES string of the molecule is CCCC[C@H]1C(=O)N2C[C@@H](O)C[C@@H]2C(=O)N[C@@H](CC(N)=O)C(=O)N[C@@H](C(C)C)C(=O)N(C)[C@@H](Cc2ccccc2)C(=O)N[C@@H](CCCN)C(=O)N2CCOC[C@@H]2C(=O)N[C@@H](Cc2c[nH]c3ccccc23)C(=O)N[C@@H](Cc2ccc(O)cc2)C(=O)N[C@@H](CCCN)C(=O)N[C@H](C(=O)NCC(N)=O)CSCC(=O)N[C@@H](Cc2cc(F)c(F)c(F)c2)C(=O)N(C)[C@@H](Cc2ccccc2)C(=O)N1C. The Labute approximate surface area is 776 Å². The number of phenolic OH excluding ortho intramolecular Hbond substituents is 1. The molecular formula is C92H120F3N19O19S. The van der Waals surface area contributed by atoms with E-state index in [-0.39, 0.29) is 102 Å². The molecule has 16 amide bonds. The molecule has 20 N–H and O–H groups in total. The number of hydrogen-bond donors (Lipinski definition) is 16. The number of ether oxygens (including phenoxy) is 1. The van der Waals surface area contributed by atoms with E-state index in [4.69, 9.17) is 27.7 Å². The van der Waals surface area contributed by atoms with Crippen molar-refractivity contribution in [1.29, 1.82) is 0 Å². The van der Waals surface area contributed by atoms with Crippen molar-refractivity contribution in [2.45, 2.75) is 195 Å². The number of benzene rings is 5. The van der Waals surface area contributed by atoms with Crippen LogP contribution in [0, 0.1) is 23.4 Å². The topological polar surface area (TPSA) is 567 Å². The number of nitrogens with one attached hydrogen (secondary N) is 10. The number of carbonyl (C=O) groups excluding carboxylic acids is 16. The molecule has 9 rings (SSSR count). The number of phenols is 1. The van der Waals surface area contributed by atoms with Gasteiger partial charge in [-0.25, -0.2) is 13.2 Å². The number of amides is 16. The standard InChI is InChI=1S/C92H120F3N19O19S/c1-7-8-27-70-91(131)114-47-58(116)43-72(114)86(126)107-67(44-75(98)117)84(124)109-79(51(2)3)92(132)111(5)71(40-52-19-11-9-12-20-52)85(125)104-64(26-18-33-97)89(129)113-34-35-133-48-74(113)87(127)106-66(42-56-45-100-62-24-16-15-23-59(56)62)83(123)105-65(38-54-28-30-57(115)31-29-54)82(122)103-63(25-17-32-96)81(121)108-69(80(120)101-46-76(99)118)49-134-50-77(119)102-68(39-55-36-60(93)78(95)61(94)37-55)88(128)112(6)73(90(130)110(70)4)41-53-21-13-10-14-22-53/h9-16,19-24,28-31,36-37,45,51,58,63-74,79,100,115-116H,7-8,17-18,25-27,32-35,38-44,46-50,96-97H2,1-6H3,(H2,98,117)(H2,99,118)(H,101,120)(H,102,119)(H,103,122)(H,104,125)(H,105,123)(H,106,127)(H,107,126)(H,108,121)(H,109,124)/t58-,63-,64-,65-,66-,67-,68-,69-,70-,71-,72+,73-,74+,79-/m0/s1. The summed E-state index contributed by atoms with van der Waals surface area (Å²) in [5.74, 6) is -23.7. The fourth-order valence-corrected chi connectivity index (χ4v) is 17.1. The van der Waals surface area contributed by atoms with Gasteiger partial charge in [0.15, 0.2) is 17.5 Å². The van der Waals surface area contributed by atoms with Crippen LogP contribution in [0.1, 0.15) is 106 Å². The summed E-state index contributed by atoms with van der Waals surface area (Å²) in [6, 6.07) is 8.79. The second kappa shape index (κ2) is 50.1. The molecule has 134 heavy (non-hydrogen) atoms. The third kappa shape index (κ3) is 29.0. The van der Waals surface area contributed by atoms with Gasteiger partial charge in [0.2, 0.25) is 94.5 Å². The lowest BCUT2D eigenvalue weighted by Crippen LogP contribution is -2.64. The number of thioether (sulfide) groups is 1. The first-order chi connectivity index (χ1) is 63.9. The number of aliphatic hydroxyl groups excluding tert-OH is 1. The number of likely N-dealkylation sites (N-methyl/N-ethyl adjacent to an activating group) is 3. The molecule has 14 atom stereocenters. The molecular weight excluding hydrogens is 1760 g/mol. The van der Waals surface area contributed by atoms with Crippen LogP contribution in [-0.2, 0) is 114 Å². The van der Waals surface area contributed by atoms with Gasteiger partial charge < -0.3 is 115 Å². The van der Waals surface area contributed by atoms with Crippen molar-refractivity contribution in [3.05, 3.63) is 173 Å². The number of aromatic nitrogens is 1. The number of nitrogens with zero attached hydrogens (tertiary/aromatic N) is 5. The fraction of sp³-hybridized carbons (Fsp3) is 0.478. The van der Waals surface area contributed by atoms with Crippen LogP contribution in [0.3, 0.4) is 0 Å². The lowest BCUT2D eigenvalue weighted by molar-refractivity contribution is -0.152. The van der Waals surface area contributed by atoms with Gasteiger partial charge in [0.25, 0.3) is 0 Å². The number of rotatable bonds is 25. The fourth-order valence-electron chi connectivity index (χ4n) is 16.2. The van der Waals surface area contributed by atoms with Crippen LogP contribution < -0.4 is 70.8 Å². The van der Waals surface area contributed by atoms with Crippen molar-refractivity contribution in [3.8, 4) is 5.75 Å². The zero-order chi connectivity index (χ0) is 97.7. The Morgan fingerprint density at radius 2 is 1.07 bits per heavy atom. The Bertz CT molecular complexity index is 5140. The zero-order valence-electron chi connectivity index (χ0n) is 75.5. The highest BCUT2D eigenvalue weighted by Gasteiger charge is 2.48. The molecule has 3 saturated heterocycles. The minimum absolute atomic E-state index is 0.00778. The first-order valence-electron chi connectivity index (χ1n) is 44.4. The smallest absolute Gasteiger partial charge is 0.246 e. The van der Waals surface area contributed by atoms with Crippen molar-refractivity contribution in [2.24, 2.45) is 28.9 Å². The predicted molar refractivity (Wildman–Crippen MR) is 486 cm³/mol. The Balaban J connectivity index is 1.14. The molecule has 0 aliphatic carbocycles. The van der Waals surface area contributed by atoms with Crippen LogP contribution in [0.15, 0.2) is 128 Å². The number of halogens is 3. The number of hydrogen-bond acceptors (Lipinski definition) is 22. The monoisotopic (exact) mass is 1880 g/mol. The van der Waals surface area contributed by atoms with Gasteiger partial charge in [-0.2, -0.15) is 0 Å². The molecule has 38 nitrogen and oxygen atoms in total. The molecule has 0 radical (unpaired) electrons. The minimum atomic E-state index is -1.90. The quantitative estimate of drug-likeness (QED) is 0.0303. The molecule has 724 valence electrons. The number of morpholine rings is 1. The zero-order valence-corrected chi connectivity index (χ0v) is 76.3. The van der Waals surface area contributed by atoms with E-state index in [1.807, 2.05) is 0 Å². The highest BCUT2D eigenvalue weighted by Crippen LogP contribution is 2.28. The van der Waals surface area contributed by atoms with Gasteiger partial charge in [0, 0.05) is 95.6 Å². The van der Waals surface area contributed by atoms with Crippen LogP contribution in [0.5, 0.6) is 5.75 Å². The predicted octanol–water partition coefficient (Wildman–Crippen LogP) is -1.10. The molecule has 1 aromatic heterocycles. The van der Waals surface area contributed by atoms with Gasteiger partial charge in [-0.05, 0) is 109 Å². The summed E-state index contributed by atoms with van der Waals surface area (Å²) in [4.78, 5) is 246. The molecule has 3 fully saturated rings. The summed E-state index contributed by atoms with van der Waals surface area (Å²) < 4.78 is 51.0. The van der Waals surface area contributed by atoms with Crippen molar-refractivity contribution in [3.63, 3.8) is 0 Å². The summed E-state index contributed by atoms with van der Waals surface area (Å²) in [6.45, 7) is 2.63. The molecule has 0 bridgehead atoms. The first-order valence-corrected chi connectivity index (χ1v) is 45.5. The molecule has 42 heteroatoms. The lowest BCUT2D eigenvalue weighted by Gasteiger charge is -2.38. The number of primary amides is 2. The van der Waals surface area contributed by atoms with E-state index in [9.17, 15) is 48.2 Å². The van der Waals surface area contributed by atoms with Gasteiger partial charge in [0.05, 0.1) is 38.0 Å². The Kier molecular flexibility index (Phi) is 39.2. The van der Waals surface area contributed by atoms with Crippen molar-refractivity contribution >= 4 is 117 Å². The highest BCUT2D eigenvalue weighted by atomic mass is 32.2. The maximum absolute atomic E-state index is 15.7. The molecule has 0 spiro atoms. The Morgan fingerprint density at radius 3 is 1.69 bits per heavy atom. The third-order valence-corrected chi connectivity index (χ3v) is 24.7. The summed E-state index contributed by atoms with van der Waals surface area (Å²) in [5.41, 5.74) is 25.3. The first kappa shape index (κ1) is 105. The number of fused-ring (bicyclic) bond motifs is 3. The number of nitrogens with two attached hydrogens (primary N) is 4. The average molecular weight is 1890 g/mol. The largest absolute Gasteiger partial charge is 0.508 e. The van der Waals surface area contributed by atoms with Crippen molar-refractivity contribution in [1.82, 2.24) is 77.3 Å². The molecule has 3 aliphatic rings. The molecule has 0 saturated carbocycles. The highest BCUT2D eigenvalue weighted by molar-refractivity contribution is 8.00. The van der Waals surface area contributed by atoms with Crippen LogP contribution >= 0.6 is 11.8 Å². The Morgan fingerprint density at radius 1 is 0.530 bits per heavy atom. The maximum Gasteiger partial charge on any atom is 0.246 e. The van der Waals surface area contributed by atoms with E-state index in [1.165, 1.54) is 45.4 Å². The summed E-state index contributed by atoms with van der Waals surface area (Å²) in [6.07, 6.45) is -2.92. The molecule has 5 aromatic carbocycles. The van der Waals surface area contributed by atoms with Gasteiger partial charge in [-0.15, -0.1) is 11.8 Å². The number of carbonyl (C=O) groups is 16. The van der Waals surface area contributed by atoms with Crippen LogP contribution in [0.25, 0.3) is 10.9 Å². The number of para-hydroxylation sites is 1. The van der Waals surface area contributed by atoms with E-state index < -0.39 is 253 Å². The Hall–Kier alpha value is -13.1. The summed E-state index contributed by atoms with van der Waals surface area (Å²) in [5, 5.41) is 45.9. The van der Waals surface area contributed by atoms with E-state index in [1.54, 1.807) is 112 Å². The molecule has 3 aliphatic heterocycles. The van der Waals surface area contributed by atoms with Crippen LogP contribution in [0.4, 0.5) is 13.2 Å².